The SMILES string of the molecule is Cc1cnc(C(C)Nc2nccc(C#N)n2)o1. The number of anilines is 1. The summed E-state index contributed by atoms with van der Waals surface area (Å²) in [5, 5.41) is 11.7. The van der Waals surface area contributed by atoms with Crippen molar-refractivity contribution in [1.82, 2.24) is 15.0 Å². The van der Waals surface area contributed by atoms with Gasteiger partial charge in [-0.2, -0.15) is 5.26 Å². The van der Waals surface area contributed by atoms with E-state index in [0.29, 0.717) is 17.5 Å². The summed E-state index contributed by atoms with van der Waals surface area (Å²) in [6.45, 7) is 3.71. The van der Waals surface area contributed by atoms with E-state index in [1.165, 1.54) is 6.20 Å². The Kier molecular flexibility index (Phi) is 3.01. The quantitative estimate of drug-likeness (QED) is 0.863. The molecule has 86 valence electrons. The summed E-state index contributed by atoms with van der Waals surface area (Å²) in [6, 6.07) is 3.35. The van der Waals surface area contributed by atoms with Crippen LogP contribution in [-0.4, -0.2) is 15.0 Å². The molecule has 0 saturated carbocycles. The molecule has 0 aliphatic heterocycles. The van der Waals surface area contributed by atoms with Gasteiger partial charge in [-0.25, -0.2) is 15.0 Å². The molecule has 1 N–H and O–H groups in total. The molecular weight excluding hydrogens is 218 g/mol. The van der Waals surface area contributed by atoms with Gasteiger partial charge in [-0.05, 0) is 19.9 Å². The van der Waals surface area contributed by atoms with Gasteiger partial charge in [-0.15, -0.1) is 0 Å². The first kappa shape index (κ1) is 11.1. The molecule has 0 spiro atoms. The van der Waals surface area contributed by atoms with Gasteiger partial charge < -0.3 is 9.73 Å². The van der Waals surface area contributed by atoms with Crippen LogP contribution in [0.2, 0.25) is 0 Å². The van der Waals surface area contributed by atoms with Gasteiger partial charge >= 0.3 is 0 Å². The fraction of sp³-hybridized carbons (Fsp3) is 0.273. The summed E-state index contributed by atoms with van der Waals surface area (Å²) in [4.78, 5) is 12.1. The van der Waals surface area contributed by atoms with Crippen molar-refractivity contribution < 1.29 is 4.42 Å². The van der Waals surface area contributed by atoms with E-state index in [-0.39, 0.29) is 6.04 Å². The Hall–Kier alpha value is -2.42. The van der Waals surface area contributed by atoms with Gasteiger partial charge in [0.25, 0.3) is 0 Å². The standard InChI is InChI=1S/C11H11N5O/c1-7-6-14-10(17-7)8(2)15-11-13-4-3-9(5-12)16-11/h3-4,6,8H,1-2H3,(H,13,15,16). The summed E-state index contributed by atoms with van der Waals surface area (Å²) in [6.07, 6.45) is 3.18. The minimum atomic E-state index is -0.155. The molecule has 0 aliphatic carbocycles. The van der Waals surface area contributed by atoms with Crippen LogP contribution >= 0.6 is 0 Å². The Morgan fingerprint density at radius 3 is 2.94 bits per heavy atom. The zero-order valence-electron chi connectivity index (χ0n) is 9.51. The molecule has 2 aromatic heterocycles. The molecular formula is C11H11N5O. The summed E-state index contributed by atoms with van der Waals surface area (Å²) in [5.41, 5.74) is 0.318. The van der Waals surface area contributed by atoms with E-state index in [2.05, 4.69) is 20.3 Å². The predicted molar refractivity (Wildman–Crippen MR) is 60.0 cm³/mol. The Morgan fingerprint density at radius 2 is 2.29 bits per heavy atom. The monoisotopic (exact) mass is 229 g/mol. The van der Waals surface area contributed by atoms with Crippen molar-refractivity contribution in [2.24, 2.45) is 0 Å². The van der Waals surface area contributed by atoms with Crippen molar-refractivity contribution in [2.45, 2.75) is 19.9 Å². The highest BCUT2D eigenvalue weighted by atomic mass is 16.4. The lowest BCUT2D eigenvalue weighted by atomic mass is 10.3. The Balaban J connectivity index is 2.13. The van der Waals surface area contributed by atoms with Crippen LogP contribution in [0.1, 0.15) is 30.3 Å². The first-order valence-electron chi connectivity index (χ1n) is 5.11. The molecule has 0 bridgehead atoms. The Labute approximate surface area is 98.3 Å². The van der Waals surface area contributed by atoms with Crippen LogP contribution in [0.15, 0.2) is 22.9 Å². The van der Waals surface area contributed by atoms with E-state index < -0.39 is 0 Å². The van der Waals surface area contributed by atoms with Gasteiger partial charge in [0.15, 0.2) is 0 Å². The van der Waals surface area contributed by atoms with Crippen LogP contribution in [0.4, 0.5) is 5.95 Å². The molecule has 1 atom stereocenters. The zero-order valence-corrected chi connectivity index (χ0v) is 9.51. The summed E-state index contributed by atoms with van der Waals surface area (Å²) in [7, 11) is 0. The van der Waals surface area contributed by atoms with Gasteiger partial charge in [0.1, 0.15) is 23.6 Å². The van der Waals surface area contributed by atoms with E-state index >= 15 is 0 Å². The molecule has 6 heteroatoms. The minimum absolute atomic E-state index is 0.155. The van der Waals surface area contributed by atoms with Crippen molar-refractivity contribution in [2.75, 3.05) is 5.32 Å². The van der Waals surface area contributed by atoms with E-state index in [9.17, 15) is 0 Å². The second kappa shape index (κ2) is 4.61. The smallest absolute Gasteiger partial charge is 0.224 e. The predicted octanol–water partition coefficient (Wildman–Crippen LogP) is 1.82. The first-order valence-corrected chi connectivity index (χ1v) is 5.11. The number of nitrogens with one attached hydrogen (secondary N) is 1. The molecule has 2 rings (SSSR count). The molecule has 0 saturated heterocycles. The number of oxazole rings is 1. The lowest BCUT2D eigenvalue weighted by Crippen LogP contribution is -2.10. The van der Waals surface area contributed by atoms with Crippen molar-refractivity contribution in [3.05, 3.63) is 35.8 Å². The van der Waals surface area contributed by atoms with Crippen molar-refractivity contribution in [1.29, 1.82) is 5.26 Å². The van der Waals surface area contributed by atoms with Crippen molar-refractivity contribution >= 4 is 5.95 Å². The minimum Gasteiger partial charge on any atom is -0.444 e. The zero-order chi connectivity index (χ0) is 12.3. The maximum atomic E-state index is 8.72. The van der Waals surface area contributed by atoms with Crippen molar-refractivity contribution in [3.8, 4) is 6.07 Å². The van der Waals surface area contributed by atoms with Gasteiger partial charge in [0, 0.05) is 6.20 Å². The molecule has 0 fully saturated rings. The number of hydrogen-bond acceptors (Lipinski definition) is 6. The van der Waals surface area contributed by atoms with E-state index in [4.69, 9.17) is 9.68 Å². The molecule has 0 amide bonds. The molecule has 2 heterocycles. The van der Waals surface area contributed by atoms with Crippen molar-refractivity contribution in [3.63, 3.8) is 0 Å². The lowest BCUT2D eigenvalue weighted by molar-refractivity contribution is 0.453. The third-order valence-corrected chi connectivity index (χ3v) is 2.13. The molecule has 2 aromatic rings. The second-order valence-corrected chi connectivity index (χ2v) is 3.55. The highest BCUT2D eigenvalue weighted by molar-refractivity contribution is 5.31. The third kappa shape index (κ3) is 2.58. The average Bonchev–Trinajstić information content (AvgIpc) is 2.76. The largest absolute Gasteiger partial charge is 0.444 e. The van der Waals surface area contributed by atoms with E-state index in [1.54, 1.807) is 12.3 Å². The number of aryl methyl sites for hydroxylation is 1. The number of aromatic nitrogens is 3. The Bertz CT molecular complexity index is 557. The normalized spacial score (nSPS) is 11.8. The second-order valence-electron chi connectivity index (χ2n) is 3.55. The van der Waals surface area contributed by atoms with Gasteiger partial charge in [-0.1, -0.05) is 0 Å². The summed E-state index contributed by atoms with van der Waals surface area (Å²) in [5.74, 6) is 1.70. The highest BCUT2D eigenvalue weighted by Crippen LogP contribution is 2.16. The molecule has 0 aromatic carbocycles. The maximum absolute atomic E-state index is 8.72. The topological polar surface area (TPSA) is 87.6 Å². The molecule has 17 heavy (non-hydrogen) atoms. The van der Waals surface area contributed by atoms with Crippen LogP contribution in [0, 0.1) is 18.3 Å². The summed E-state index contributed by atoms with van der Waals surface area (Å²) < 4.78 is 5.38. The highest BCUT2D eigenvalue weighted by Gasteiger charge is 2.12. The lowest BCUT2D eigenvalue weighted by Gasteiger charge is -2.09. The number of nitriles is 1. The molecule has 0 aliphatic rings. The molecule has 1 unspecified atom stereocenters. The maximum Gasteiger partial charge on any atom is 0.224 e. The molecule has 0 radical (unpaired) electrons. The average molecular weight is 229 g/mol. The van der Waals surface area contributed by atoms with Gasteiger partial charge in [0.05, 0.1) is 6.20 Å². The number of rotatable bonds is 3. The van der Waals surface area contributed by atoms with Crippen LogP contribution < -0.4 is 5.32 Å². The summed E-state index contributed by atoms with van der Waals surface area (Å²) >= 11 is 0. The number of nitrogens with zero attached hydrogens (tertiary/aromatic N) is 4. The Morgan fingerprint density at radius 1 is 1.47 bits per heavy atom. The van der Waals surface area contributed by atoms with Gasteiger partial charge in [0.2, 0.25) is 11.8 Å². The third-order valence-electron chi connectivity index (χ3n) is 2.13. The van der Waals surface area contributed by atoms with Crippen LogP contribution in [0.3, 0.4) is 0 Å². The van der Waals surface area contributed by atoms with E-state index in [0.717, 1.165) is 5.76 Å². The van der Waals surface area contributed by atoms with Crippen LogP contribution in [-0.2, 0) is 0 Å². The molecule has 6 nitrogen and oxygen atoms in total. The van der Waals surface area contributed by atoms with Crippen LogP contribution in [0.5, 0.6) is 0 Å². The van der Waals surface area contributed by atoms with Gasteiger partial charge in [-0.3, -0.25) is 0 Å². The number of hydrogen-bond donors (Lipinski definition) is 1. The van der Waals surface area contributed by atoms with Crippen LogP contribution in [0.25, 0.3) is 0 Å². The fourth-order valence-electron chi connectivity index (χ4n) is 1.32. The first-order chi connectivity index (χ1) is 8.19. The van der Waals surface area contributed by atoms with E-state index in [1.807, 2.05) is 19.9 Å². The fourth-order valence-corrected chi connectivity index (χ4v) is 1.32.